The summed E-state index contributed by atoms with van der Waals surface area (Å²) in [6.45, 7) is 0. The zero-order valence-electron chi connectivity index (χ0n) is 24.8. The van der Waals surface area contributed by atoms with Gasteiger partial charge in [0.05, 0.1) is 27.6 Å². The van der Waals surface area contributed by atoms with Crippen molar-refractivity contribution in [2.75, 3.05) is 0 Å². The van der Waals surface area contributed by atoms with E-state index in [4.69, 9.17) is 9.97 Å². The number of hydrogen-bond donors (Lipinski definition) is 0. The predicted octanol–water partition coefficient (Wildman–Crippen LogP) is 10.6. The van der Waals surface area contributed by atoms with Crippen LogP contribution in [0.4, 0.5) is 0 Å². The lowest BCUT2D eigenvalue weighted by Crippen LogP contribution is -1.97. The molecule has 0 aliphatic rings. The van der Waals surface area contributed by atoms with Gasteiger partial charge in [-0.15, -0.1) is 0 Å². The van der Waals surface area contributed by atoms with Crippen LogP contribution in [-0.2, 0) is 0 Å². The zero-order valence-corrected chi connectivity index (χ0v) is 24.8. The van der Waals surface area contributed by atoms with Gasteiger partial charge in [0.1, 0.15) is 11.5 Å². The molecule has 0 radical (unpaired) electrons. The van der Waals surface area contributed by atoms with Crippen LogP contribution in [0.1, 0.15) is 0 Å². The molecule has 0 fully saturated rings. The topological polar surface area (TPSA) is 35.1 Å². The largest absolute Gasteiger partial charge is 0.292 e. The number of hydrogen-bond acceptors (Lipinski definition) is 2. The molecule has 214 valence electrons. The highest BCUT2D eigenvalue weighted by Gasteiger charge is 2.17. The van der Waals surface area contributed by atoms with Gasteiger partial charge >= 0.3 is 0 Å². The van der Waals surface area contributed by atoms with Crippen LogP contribution < -0.4 is 0 Å². The Kier molecular flexibility index (Phi) is 5.25. The van der Waals surface area contributed by atoms with E-state index in [0.717, 1.165) is 61.4 Å². The van der Waals surface area contributed by atoms with Crippen LogP contribution in [0.15, 0.2) is 158 Å². The Morgan fingerprint density at radius 2 is 1.07 bits per heavy atom. The first-order chi connectivity index (χ1) is 22.8. The lowest BCUT2D eigenvalue weighted by atomic mass is 9.96. The van der Waals surface area contributed by atoms with Crippen molar-refractivity contribution < 1.29 is 0 Å². The molecule has 3 heterocycles. The van der Waals surface area contributed by atoms with Crippen LogP contribution in [0.25, 0.3) is 88.4 Å². The molecule has 3 aromatic heterocycles. The Morgan fingerprint density at radius 3 is 1.91 bits per heavy atom. The van der Waals surface area contributed by atoms with E-state index in [9.17, 15) is 0 Å². The third-order valence-electron chi connectivity index (χ3n) is 9.29. The fourth-order valence-electron chi connectivity index (χ4n) is 7.18. The van der Waals surface area contributed by atoms with Gasteiger partial charge in [0.15, 0.2) is 0 Å². The second-order valence-electron chi connectivity index (χ2n) is 11.9. The van der Waals surface area contributed by atoms with Gasteiger partial charge in [-0.25, -0.2) is 9.97 Å². The standard InChI is InChI=1S/C42H26N4/c1-2-11-31(12-3-1)45-37-16-8-6-14-35(37)43-41(45)29-20-18-27(19-21-29)30-23-24-33-39(26-30)46-38-17-9-7-15-36(38)44-42(46)34-25-22-28-10-4-5-13-32(28)40(33)34/h1-26H. The van der Waals surface area contributed by atoms with Crippen LogP contribution in [-0.4, -0.2) is 18.9 Å². The molecule has 7 aromatic carbocycles. The number of para-hydroxylation sites is 5. The molecule has 0 spiro atoms. The molecule has 0 bridgehead atoms. The third kappa shape index (κ3) is 3.61. The Morgan fingerprint density at radius 1 is 0.413 bits per heavy atom. The van der Waals surface area contributed by atoms with Crippen molar-refractivity contribution in [2.24, 2.45) is 0 Å². The average molecular weight is 587 g/mol. The molecule has 4 heteroatoms. The summed E-state index contributed by atoms with van der Waals surface area (Å²) in [6.07, 6.45) is 0. The van der Waals surface area contributed by atoms with Crippen molar-refractivity contribution in [3.05, 3.63) is 158 Å². The molecule has 0 aliphatic heterocycles. The lowest BCUT2D eigenvalue weighted by molar-refractivity contribution is 1.10. The number of aromatic nitrogens is 4. The summed E-state index contributed by atoms with van der Waals surface area (Å²) in [5, 5.41) is 6.12. The van der Waals surface area contributed by atoms with Crippen molar-refractivity contribution in [3.63, 3.8) is 0 Å². The summed E-state index contributed by atoms with van der Waals surface area (Å²) in [5.41, 5.74) is 10.8. The van der Waals surface area contributed by atoms with E-state index >= 15 is 0 Å². The number of imidazole rings is 2. The fourth-order valence-corrected chi connectivity index (χ4v) is 7.18. The first-order valence-electron chi connectivity index (χ1n) is 15.6. The van der Waals surface area contributed by atoms with Gasteiger partial charge in [0, 0.05) is 27.4 Å². The van der Waals surface area contributed by atoms with Crippen molar-refractivity contribution >= 4 is 60.2 Å². The van der Waals surface area contributed by atoms with Crippen molar-refractivity contribution in [2.45, 2.75) is 0 Å². The Balaban J connectivity index is 1.19. The molecular formula is C42H26N4. The SMILES string of the molecule is c1ccc(-n2c(-c3ccc(-c4ccc5c6c7ccccc7ccc6c6nc7ccccc7n6c5c4)cc3)nc3ccccc32)cc1. The molecule has 0 N–H and O–H groups in total. The molecule has 4 nitrogen and oxygen atoms in total. The number of nitrogens with zero attached hydrogens (tertiary/aromatic N) is 4. The van der Waals surface area contributed by atoms with Crippen molar-refractivity contribution in [3.8, 4) is 28.2 Å². The molecular weight excluding hydrogens is 560 g/mol. The highest BCUT2D eigenvalue weighted by molar-refractivity contribution is 6.24. The summed E-state index contributed by atoms with van der Waals surface area (Å²) in [4.78, 5) is 10.2. The highest BCUT2D eigenvalue weighted by atomic mass is 15.1. The van der Waals surface area contributed by atoms with Crippen molar-refractivity contribution in [1.82, 2.24) is 18.9 Å². The van der Waals surface area contributed by atoms with Gasteiger partial charge in [-0.3, -0.25) is 8.97 Å². The van der Waals surface area contributed by atoms with E-state index < -0.39 is 0 Å². The van der Waals surface area contributed by atoms with Gasteiger partial charge in [-0.05, 0) is 70.4 Å². The monoisotopic (exact) mass is 586 g/mol. The first-order valence-corrected chi connectivity index (χ1v) is 15.6. The second-order valence-corrected chi connectivity index (χ2v) is 11.9. The Labute approximate surface area is 264 Å². The minimum absolute atomic E-state index is 0.933. The summed E-state index contributed by atoms with van der Waals surface area (Å²) in [7, 11) is 0. The maximum atomic E-state index is 5.15. The predicted molar refractivity (Wildman–Crippen MR) is 191 cm³/mol. The number of benzene rings is 7. The van der Waals surface area contributed by atoms with E-state index in [1.54, 1.807) is 0 Å². The van der Waals surface area contributed by atoms with Crippen LogP contribution in [0.3, 0.4) is 0 Å². The summed E-state index contributed by atoms with van der Waals surface area (Å²) < 4.78 is 4.58. The molecule has 0 unspecified atom stereocenters. The number of pyridine rings is 1. The number of rotatable bonds is 3. The lowest BCUT2D eigenvalue weighted by Gasteiger charge is -2.13. The van der Waals surface area contributed by atoms with E-state index in [2.05, 4.69) is 155 Å². The second kappa shape index (κ2) is 9.62. The Bertz CT molecular complexity index is 2790. The molecule has 0 atom stereocenters. The minimum Gasteiger partial charge on any atom is -0.292 e. The van der Waals surface area contributed by atoms with E-state index in [0.29, 0.717) is 0 Å². The summed E-state index contributed by atoms with van der Waals surface area (Å²) >= 11 is 0. The van der Waals surface area contributed by atoms with Gasteiger partial charge in [0.25, 0.3) is 0 Å². The van der Waals surface area contributed by atoms with E-state index in [1.165, 1.54) is 26.9 Å². The van der Waals surface area contributed by atoms with Crippen LogP contribution in [0.2, 0.25) is 0 Å². The molecule has 10 aromatic rings. The van der Waals surface area contributed by atoms with Crippen LogP contribution >= 0.6 is 0 Å². The quantitative estimate of drug-likeness (QED) is 0.193. The maximum absolute atomic E-state index is 5.15. The highest BCUT2D eigenvalue weighted by Crippen LogP contribution is 2.38. The van der Waals surface area contributed by atoms with Gasteiger partial charge < -0.3 is 0 Å². The molecule has 0 aliphatic carbocycles. The molecule has 46 heavy (non-hydrogen) atoms. The maximum Gasteiger partial charge on any atom is 0.146 e. The molecule has 10 rings (SSSR count). The normalized spacial score (nSPS) is 11.9. The minimum atomic E-state index is 0.933. The van der Waals surface area contributed by atoms with Gasteiger partial charge in [-0.1, -0.05) is 109 Å². The summed E-state index contributed by atoms with van der Waals surface area (Å²) in [6, 6.07) is 56.0. The number of fused-ring (bicyclic) bond motifs is 11. The Hall–Kier alpha value is -6.26. The summed E-state index contributed by atoms with van der Waals surface area (Å²) in [5.74, 6) is 0.933. The smallest absolute Gasteiger partial charge is 0.146 e. The fraction of sp³-hybridized carbons (Fsp3) is 0. The van der Waals surface area contributed by atoms with Gasteiger partial charge in [-0.2, -0.15) is 0 Å². The van der Waals surface area contributed by atoms with E-state index in [1.807, 2.05) is 12.1 Å². The third-order valence-corrected chi connectivity index (χ3v) is 9.29. The molecule has 0 amide bonds. The average Bonchev–Trinajstić information content (AvgIpc) is 3.71. The van der Waals surface area contributed by atoms with Crippen LogP contribution in [0.5, 0.6) is 0 Å². The molecule has 0 saturated heterocycles. The van der Waals surface area contributed by atoms with Crippen molar-refractivity contribution in [1.29, 1.82) is 0 Å². The van der Waals surface area contributed by atoms with Gasteiger partial charge in [0.2, 0.25) is 0 Å². The van der Waals surface area contributed by atoms with Crippen LogP contribution in [0, 0.1) is 0 Å². The zero-order chi connectivity index (χ0) is 30.2. The van der Waals surface area contributed by atoms with E-state index in [-0.39, 0.29) is 0 Å². The first kappa shape index (κ1) is 25.1. The molecule has 0 saturated carbocycles.